The standard InChI is InChI=1S/C8H12O3/c1-10-3-2-8-4-7(5-9)6-11-8/h4,6,9H,2-3,5H2,1H3. The quantitative estimate of drug-likeness (QED) is 0.706. The van der Waals surface area contributed by atoms with Crippen molar-refractivity contribution in [2.75, 3.05) is 13.7 Å². The number of rotatable bonds is 4. The highest BCUT2D eigenvalue weighted by Crippen LogP contribution is 2.07. The van der Waals surface area contributed by atoms with Gasteiger partial charge in [0.2, 0.25) is 0 Å². The van der Waals surface area contributed by atoms with Crippen molar-refractivity contribution in [2.45, 2.75) is 13.0 Å². The largest absolute Gasteiger partial charge is 0.469 e. The Hall–Kier alpha value is -0.800. The van der Waals surface area contributed by atoms with Crippen LogP contribution in [0.3, 0.4) is 0 Å². The molecule has 0 aliphatic heterocycles. The topological polar surface area (TPSA) is 42.6 Å². The molecular weight excluding hydrogens is 144 g/mol. The third-order valence-electron chi connectivity index (χ3n) is 1.44. The first kappa shape index (κ1) is 8.30. The normalized spacial score (nSPS) is 10.4. The zero-order valence-electron chi connectivity index (χ0n) is 6.54. The van der Waals surface area contributed by atoms with Crippen LogP contribution in [0.5, 0.6) is 0 Å². The van der Waals surface area contributed by atoms with E-state index in [0.717, 1.165) is 17.7 Å². The number of furan rings is 1. The average molecular weight is 156 g/mol. The van der Waals surface area contributed by atoms with Crippen LogP contribution in [0.2, 0.25) is 0 Å². The van der Waals surface area contributed by atoms with Gasteiger partial charge in [0.05, 0.1) is 19.5 Å². The Balaban J connectivity index is 2.44. The molecule has 3 nitrogen and oxygen atoms in total. The Morgan fingerprint density at radius 2 is 2.45 bits per heavy atom. The summed E-state index contributed by atoms with van der Waals surface area (Å²) >= 11 is 0. The zero-order valence-corrected chi connectivity index (χ0v) is 6.54. The number of aliphatic hydroxyl groups excluding tert-OH is 1. The number of ether oxygens (including phenoxy) is 1. The van der Waals surface area contributed by atoms with Crippen LogP contribution < -0.4 is 0 Å². The molecule has 1 aromatic heterocycles. The summed E-state index contributed by atoms with van der Waals surface area (Å²) in [6.45, 7) is 0.689. The third-order valence-corrected chi connectivity index (χ3v) is 1.44. The van der Waals surface area contributed by atoms with Crippen LogP contribution >= 0.6 is 0 Å². The summed E-state index contributed by atoms with van der Waals surface area (Å²) in [6.07, 6.45) is 2.32. The number of hydrogen-bond donors (Lipinski definition) is 1. The molecule has 3 heteroatoms. The molecule has 0 aliphatic rings. The van der Waals surface area contributed by atoms with Gasteiger partial charge in [-0.15, -0.1) is 0 Å². The summed E-state index contributed by atoms with van der Waals surface area (Å²) in [5.41, 5.74) is 0.816. The van der Waals surface area contributed by atoms with E-state index >= 15 is 0 Å². The van der Waals surface area contributed by atoms with Crippen LogP contribution in [0.1, 0.15) is 11.3 Å². The molecule has 0 amide bonds. The maximum absolute atomic E-state index is 8.69. The number of aliphatic hydroxyl groups is 1. The van der Waals surface area contributed by atoms with Crippen molar-refractivity contribution in [1.29, 1.82) is 0 Å². The monoisotopic (exact) mass is 156 g/mol. The van der Waals surface area contributed by atoms with E-state index in [9.17, 15) is 0 Å². The summed E-state index contributed by atoms with van der Waals surface area (Å²) in [4.78, 5) is 0. The predicted octanol–water partition coefficient (Wildman–Crippen LogP) is 0.961. The summed E-state index contributed by atoms with van der Waals surface area (Å²) < 4.78 is 9.98. The first-order chi connectivity index (χ1) is 5.36. The van der Waals surface area contributed by atoms with Crippen LogP contribution in [-0.2, 0) is 17.8 Å². The Morgan fingerprint density at radius 3 is 3.00 bits per heavy atom. The van der Waals surface area contributed by atoms with Crippen molar-refractivity contribution < 1.29 is 14.3 Å². The summed E-state index contributed by atoms with van der Waals surface area (Å²) in [7, 11) is 1.65. The average Bonchev–Trinajstić information content (AvgIpc) is 2.48. The van der Waals surface area contributed by atoms with Gasteiger partial charge in [-0.25, -0.2) is 0 Å². The van der Waals surface area contributed by atoms with Crippen LogP contribution in [0.4, 0.5) is 0 Å². The SMILES string of the molecule is COCCc1cc(CO)co1. The first-order valence-electron chi connectivity index (χ1n) is 3.53. The predicted molar refractivity (Wildman–Crippen MR) is 40.2 cm³/mol. The molecule has 1 aromatic rings. The molecule has 0 bridgehead atoms. The molecule has 1 N–H and O–H groups in total. The molecule has 0 aliphatic carbocycles. The van der Waals surface area contributed by atoms with Crippen molar-refractivity contribution in [2.24, 2.45) is 0 Å². The Bertz CT molecular complexity index is 205. The zero-order chi connectivity index (χ0) is 8.10. The molecule has 0 aromatic carbocycles. The number of hydrogen-bond acceptors (Lipinski definition) is 3. The fourth-order valence-electron chi connectivity index (χ4n) is 0.843. The molecule has 0 atom stereocenters. The smallest absolute Gasteiger partial charge is 0.106 e. The summed E-state index contributed by atoms with van der Waals surface area (Å²) in [5.74, 6) is 0.857. The van der Waals surface area contributed by atoms with Gasteiger partial charge in [0.15, 0.2) is 0 Å². The summed E-state index contributed by atoms with van der Waals surface area (Å²) in [5, 5.41) is 8.69. The molecular formula is C8H12O3. The van der Waals surface area contributed by atoms with E-state index in [2.05, 4.69) is 0 Å². The van der Waals surface area contributed by atoms with E-state index in [1.807, 2.05) is 6.07 Å². The maximum Gasteiger partial charge on any atom is 0.106 e. The highest BCUT2D eigenvalue weighted by atomic mass is 16.5. The van der Waals surface area contributed by atoms with E-state index in [1.165, 1.54) is 0 Å². The van der Waals surface area contributed by atoms with Crippen molar-refractivity contribution in [3.63, 3.8) is 0 Å². The second kappa shape index (κ2) is 4.16. The van der Waals surface area contributed by atoms with Gasteiger partial charge in [-0.2, -0.15) is 0 Å². The van der Waals surface area contributed by atoms with Crippen LogP contribution in [-0.4, -0.2) is 18.8 Å². The Labute approximate surface area is 65.6 Å². The van der Waals surface area contributed by atoms with E-state index < -0.39 is 0 Å². The molecule has 11 heavy (non-hydrogen) atoms. The molecule has 0 unspecified atom stereocenters. The van der Waals surface area contributed by atoms with E-state index in [0.29, 0.717) is 6.61 Å². The molecule has 1 rings (SSSR count). The van der Waals surface area contributed by atoms with Gasteiger partial charge in [-0.1, -0.05) is 0 Å². The van der Waals surface area contributed by atoms with Gasteiger partial charge in [-0.3, -0.25) is 0 Å². The van der Waals surface area contributed by atoms with Gasteiger partial charge in [0, 0.05) is 19.1 Å². The van der Waals surface area contributed by atoms with Gasteiger partial charge in [-0.05, 0) is 6.07 Å². The lowest BCUT2D eigenvalue weighted by atomic mass is 10.3. The van der Waals surface area contributed by atoms with Crippen molar-refractivity contribution in [3.8, 4) is 0 Å². The minimum absolute atomic E-state index is 0.0382. The molecule has 62 valence electrons. The van der Waals surface area contributed by atoms with Gasteiger partial charge in [0.1, 0.15) is 5.76 Å². The van der Waals surface area contributed by atoms with Crippen LogP contribution in [0.25, 0.3) is 0 Å². The molecule has 0 spiro atoms. The molecule has 0 fully saturated rings. The highest BCUT2D eigenvalue weighted by Gasteiger charge is 1.99. The van der Waals surface area contributed by atoms with Crippen molar-refractivity contribution >= 4 is 0 Å². The molecule has 0 saturated heterocycles. The fourth-order valence-corrected chi connectivity index (χ4v) is 0.843. The minimum Gasteiger partial charge on any atom is -0.469 e. The Kier molecular flexibility index (Phi) is 3.14. The fraction of sp³-hybridized carbons (Fsp3) is 0.500. The summed E-state index contributed by atoms with van der Waals surface area (Å²) in [6, 6.07) is 1.83. The van der Waals surface area contributed by atoms with E-state index in [4.69, 9.17) is 14.3 Å². The lowest BCUT2D eigenvalue weighted by Crippen LogP contribution is -1.91. The van der Waals surface area contributed by atoms with E-state index in [1.54, 1.807) is 13.4 Å². The minimum atomic E-state index is 0.0382. The van der Waals surface area contributed by atoms with Crippen LogP contribution in [0, 0.1) is 0 Å². The molecule has 0 saturated carbocycles. The van der Waals surface area contributed by atoms with Gasteiger partial charge < -0.3 is 14.3 Å². The first-order valence-corrected chi connectivity index (χ1v) is 3.53. The highest BCUT2D eigenvalue weighted by molar-refractivity contribution is 5.11. The van der Waals surface area contributed by atoms with E-state index in [-0.39, 0.29) is 6.61 Å². The van der Waals surface area contributed by atoms with Crippen LogP contribution in [0.15, 0.2) is 16.7 Å². The second-order valence-electron chi connectivity index (χ2n) is 2.32. The molecule has 0 radical (unpaired) electrons. The molecule has 1 heterocycles. The van der Waals surface area contributed by atoms with Gasteiger partial charge >= 0.3 is 0 Å². The lowest BCUT2D eigenvalue weighted by Gasteiger charge is -1.92. The third kappa shape index (κ3) is 2.37. The van der Waals surface area contributed by atoms with Crippen molar-refractivity contribution in [1.82, 2.24) is 0 Å². The number of methoxy groups -OCH3 is 1. The second-order valence-corrected chi connectivity index (χ2v) is 2.32. The maximum atomic E-state index is 8.69. The lowest BCUT2D eigenvalue weighted by molar-refractivity contribution is 0.196. The van der Waals surface area contributed by atoms with Crippen molar-refractivity contribution in [3.05, 3.63) is 23.7 Å². The Morgan fingerprint density at radius 1 is 1.64 bits per heavy atom. The van der Waals surface area contributed by atoms with Gasteiger partial charge in [0.25, 0.3) is 0 Å².